The average Bonchev–Trinajstić information content (AvgIpc) is 2.24. The number of hydrogen-bond acceptors (Lipinski definition) is 3. The van der Waals surface area contributed by atoms with Crippen LogP contribution in [0.3, 0.4) is 0 Å². The van der Waals surface area contributed by atoms with Gasteiger partial charge in [-0.2, -0.15) is 0 Å². The number of nitrogens with one attached hydrogen (secondary N) is 1. The van der Waals surface area contributed by atoms with Gasteiger partial charge in [0.05, 0.1) is 0 Å². The Bertz CT molecular complexity index is 424. The normalized spacial score (nSPS) is 12.8. The number of hydrogen-bond donors (Lipinski definition) is 3. The van der Waals surface area contributed by atoms with Crippen LogP contribution in [0.15, 0.2) is 30.3 Å². The topological polar surface area (TPSA) is 92.4 Å². The molecule has 0 saturated heterocycles. The molecule has 1 aromatic rings. The summed E-state index contributed by atoms with van der Waals surface area (Å²) in [6, 6.07) is 7.52. The molecule has 0 fully saturated rings. The summed E-state index contributed by atoms with van der Waals surface area (Å²) in [7, 11) is 0. The Morgan fingerprint density at radius 2 is 1.89 bits per heavy atom. The van der Waals surface area contributed by atoms with Crippen LogP contribution in [0.25, 0.3) is 0 Å². The number of carbonyl (C=O) groups is 2. The predicted octanol–water partition coefficient (Wildman–Crippen LogP) is 1.06. The lowest BCUT2D eigenvalue weighted by Crippen LogP contribution is -2.41. The molecular formula is C13H18N2O3. The molecule has 0 bridgehead atoms. The lowest BCUT2D eigenvalue weighted by molar-refractivity contribution is -0.142. The Hall–Kier alpha value is -1.88. The Labute approximate surface area is 106 Å². The second kappa shape index (κ2) is 5.64. The molecule has 0 radical (unpaired) electrons. The van der Waals surface area contributed by atoms with Crippen LogP contribution in [-0.4, -0.2) is 22.5 Å². The monoisotopic (exact) mass is 250 g/mol. The molecule has 1 aromatic carbocycles. The minimum absolute atomic E-state index is 0.0730. The quantitative estimate of drug-likeness (QED) is 0.728. The van der Waals surface area contributed by atoms with Crippen LogP contribution >= 0.6 is 0 Å². The first-order valence-corrected chi connectivity index (χ1v) is 5.65. The van der Waals surface area contributed by atoms with Crippen LogP contribution in [0.5, 0.6) is 0 Å². The van der Waals surface area contributed by atoms with E-state index in [9.17, 15) is 9.59 Å². The van der Waals surface area contributed by atoms with Crippen molar-refractivity contribution in [2.75, 3.05) is 0 Å². The summed E-state index contributed by atoms with van der Waals surface area (Å²) in [4.78, 5) is 22.8. The fourth-order valence-corrected chi connectivity index (χ4v) is 1.56. The highest BCUT2D eigenvalue weighted by atomic mass is 16.4. The molecular weight excluding hydrogens is 232 g/mol. The van der Waals surface area contributed by atoms with Gasteiger partial charge in [-0.1, -0.05) is 30.3 Å². The second-order valence-corrected chi connectivity index (χ2v) is 4.91. The van der Waals surface area contributed by atoms with Gasteiger partial charge >= 0.3 is 5.97 Å². The molecule has 0 aliphatic carbocycles. The highest BCUT2D eigenvalue weighted by Gasteiger charge is 2.24. The molecule has 0 aliphatic heterocycles. The van der Waals surface area contributed by atoms with Crippen molar-refractivity contribution >= 4 is 11.9 Å². The lowest BCUT2D eigenvalue weighted by atomic mass is 10.0. The molecule has 0 aromatic heterocycles. The van der Waals surface area contributed by atoms with E-state index < -0.39 is 17.6 Å². The zero-order chi connectivity index (χ0) is 13.8. The number of benzene rings is 1. The molecule has 4 N–H and O–H groups in total. The maximum absolute atomic E-state index is 11.7. The van der Waals surface area contributed by atoms with Crippen LogP contribution in [0.4, 0.5) is 0 Å². The number of carbonyl (C=O) groups excluding carboxylic acids is 1. The van der Waals surface area contributed by atoms with Crippen LogP contribution in [0.2, 0.25) is 0 Å². The van der Waals surface area contributed by atoms with Crippen LogP contribution in [-0.2, 0) is 9.59 Å². The Morgan fingerprint density at radius 1 is 1.33 bits per heavy atom. The van der Waals surface area contributed by atoms with Gasteiger partial charge < -0.3 is 16.2 Å². The summed E-state index contributed by atoms with van der Waals surface area (Å²) in [5.74, 6) is -1.47. The third-order valence-corrected chi connectivity index (χ3v) is 2.30. The molecule has 0 aliphatic rings. The Kier molecular flexibility index (Phi) is 4.44. The van der Waals surface area contributed by atoms with Crippen molar-refractivity contribution in [3.63, 3.8) is 0 Å². The maximum atomic E-state index is 11.7. The third kappa shape index (κ3) is 4.55. The zero-order valence-corrected chi connectivity index (χ0v) is 10.5. The van der Waals surface area contributed by atoms with Crippen molar-refractivity contribution in [3.8, 4) is 0 Å². The molecule has 5 nitrogen and oxygen atoms in total. The van der Waals surface area contributed by atoms with Gasteiger partial charge in [0.2, 0.25) is 5.91 Å². The van der Waals surface area contributed by atoms with E-state index in [0.29, 0.717) is 5.56 Å². The highest BCUT2D eigenvalue weighted by Crippen LogP contribution is 2.14. The molecule has 1 amide bonds. The number of aliphatic carboxylic acids is 1. The first-order chi connectivity index (χ1) is 8.29. The maximum Gasteiger partial charge on any atom is 0.330 e. The first kappa shape index (κ1) is 14.2. The summed E-state index contributed by atoms with van der Waals surface area (Å²) in [6.45, 7) is 3.43. The largest absolute Gasteiger partial charge is 0.479 e. The minimum atomic E-state index is -1.09. The van der Waals surface area contributed by atoms with Crippen LogP contribution in [0.1, 0.15) is 31.9 Å². The fraction of sp³-hybridized carbons (Fsp3) is 0.385. The SMILES string of the molecule is CC(C)(N)CC(=O)NC(C(=O)O)c1ccccc1. The minimum Gasteiger partial charge on any atom is -0.479 e. The smallest absolute Gasteiger partial charge is 0.330 e. The first-order valence-electron chi connectivity index (χ1n) is 5.65. The van der Waals surface area contributed by atoms with Crippen molar-refractivity contribution in [1.82, 2.24) is 5.32 Å². The van der Waals surface area contributed by atoms with Gasteiger partial charge in [0.25, 0.3) is 0 Å². The predicted molar refractivity (Wildman–Crippen MR) is 67.8 cm³/mol. The summed E-state index contributed by atoms with van der Waals surface area (Å²) in [5.41, 5.74) is 5.59. The molecule has 1 unspecified atom stereocenters. The van der Waals surface area contributed by atoms with E-state index >= 15 is 0 Å². The molecule has 0 spiro atoms. The van der Waals surface area contributed by atoms with Gasteiger partial charge in [0.1, 0.15) is 0 Å². The van der Waals surface area contributed by atoms with Gasteiger partial charge in [-0.25, -0.2) is 4.79 Å². The standard InChI is InChI=1S/C13H18N2O3/c1-13(2,14)8-10(16)15-11(12(17)18)9-6-4-3-5-7-9/h3-7,11H,8,14H2,1-2H3,(H,15,16)(H,17,18). The number of carboxylic acid groups (broad SMARTS) is 1. The molecule has 1 atom stereocenters. The summed E-state index contributed by atoms with van der Waals surface area (Å²) >= 11 is 0. The van der Waals surface area contributed by atoms with E-state index in [-0.39, 0.29) is 12.3 Å². The number of carboxylic acids is 1. The molecule has 18 heavy (non-hydrogen) atoms. The summed E-state index contributed by atoms with van der Waals surface area (Å²) < 4.78 is 0. The van der Waals surface area contributed by atoms with Crippen LogP contribution < -0.4 is 11.1 Å². The molecule has 0 saturated carbocycles. The van der Waals surface area contributed by atoms with Gasteiger partial charge in [-0.15, -0.1) is 0 Å². The zero-order valence-electron chi connectivity index (χ0n) is 10.5. The van der Waals surface area contributed by atoms with Crippen molar-refractivity contribution in [2.24, 2.45) is 5.73 Å². The average molecular weight is 250 g/mol. The van der Waals surface area contributed by atoms with E-state index in [4.69, 9.17) is 10.8 Å². The van der Waals surface area contributed by atoms with E-state index in [1.54, 1.807) is 44.2 Å². The highest BCUT2D eigenvalue weighted by molar-refractivity contribution is 5.85. The Morgan fingerprint density at radius 3 is 2.33 bits per heavy atom. The Balaban J connectivity index is 2.77. The van der Waals surface area contributed by atoms with E-state index in [1.165, 1.54) is 0 Å². The van der Waals surface area contributed by atoms with Gasteiger partial charge in [-0.05, 0) is 19.4 Å². The van der Waals surface area contributed by atoms with Gasteiger partial charge in [-0.3, -0.25) is 4.79 Å². The summed E-state index contributed by atoms with van der Waals surface area (Å²) in [5, 5.41) is 11.6. The number of rotatable bonds is 5. The van der Waals surface area contributed by atoms with Crippen molar-refractivity contribution < 1.29 is 14.7 Å². The summed E-state index contributed by atoms with van der Waals surface area (Å²) in [6.07, 6.45) is 0.0730. The molecule has 0 heterocycles. The van der Waals surface area contributed by atoms with Crippen LogP contribution in [0, 0.1) is 0 Å². The van der Waals surface area contributed by atoms with Crippen molar-refractivity contribution in [3.05, 3.63) is 35.9 Å². The molecule has 1 rings (SSSR count). The third-order valence-electron chi connectivity index (χ3n) is 2.30. The van der Waals surface area contributed by atoms with E-state index in [1.807, 2.05) is 0 Å². The second-order valence-electron chi connectivity index (χ2n) is 4.91. The number of nitrogens with two attached hydrogens (primary N) is 1. The number of amides is 1. The molecule has 5 heteroatoms. The lowest BCUT2D eigenvalue weighted by Gasteiger charge is -2.20. The fourth-order valence-electron chi connectivity index (χ4n) is 1.56. The van der Waals surface area contributed by atoms with Crippen molar-refractivity contribution in [2.45, 2.75) is 31.8 Å². The van der Waals surface area contributed by atoms with Crippen molar-refractivity contribution in [1.29, 1.82) is 0 Å². The van der Waals surface area contributed by atoms with E-state index in [0.717, 1.165) is 0 Å². The van der Waals surface area contributed by atoms with E-state index in [2.05, 4.69) is 5.32 Å². The molecule has 98 valence electrons. The van der Waals surface area contributed by atoms with Gasteiger partial charge in [0, 0.05) is 12.0 Å². The van der Waals surface area contributed by atoms with Gasteiger partial charge in [0.15, 0.2) is 6.04 Å².